The van der Waals surface area contributed by atoms with Crippen molar-refractivity contribution in [2.24, 2.45) is 0 Å². The van der Waals surface area contributed by atoms with Gasteiger partial charge in [-0.1, -0.05) is 47.6 Å². The van der Waals surface area contributed by atoms with Gasteiger partial charge >= 0.3 is 6.01 Å². The summed E-state index contributed by atoms with van der Waals surface area (Å²) in [6, 6.07) is 18.4. The highest BCUT2D eigenvalue weighted by Crippen LogP contribution is 2.30. The van der Waals surface area contributed by atoms with Crippen molar-refractivity contribution in [3.8, 4) is 28.3 Å². The zero-order chi connectivity index (χ0) is 19.7. The molecule has 2 aromatic heterocycles. The number of hydrogen-bond acceptors (Lipinski definition) is 6. The maximum Gasteiger partial charge on any atom is 0.321 e. The number of aromatic hydroxyl groups is 1. The Morgan fingerprint density at radius 2 is 1.43 bits per heavy atom. The molecule has 2 N–H and O–H groups in total. The van der Waals surface area contributed by atoms with Crippen molar-refractivity contribution in [2.75, 3.05) is 5.32 Å². The number of nitrogens with zero attached hydrogens (tertiary/aromatic N) is 3. The fourth-order valence-electron chi connectivity index (χ4n) is 2.98. The Hall–Kier alpha value is -3.67. The number of nitrogens with one attached hydrogen (secondary N) is 1. The van der Waals surface area contributed by atoms with Gasteiger partial charge in [0, 0.05) is 5.56 Å². The van der Waals surface area contributed by atoms with Gasteiger partial charge in [-0.3, -0.25) is 5.32 Å². The van der Waals surface area contributed by atoms with Crippen LogP contribution in [0.1, 0.15) is 16.8 Å². The molecular formula is C22H20N4O2. The van der Waals surface area contributed by atoms with E-state index in [1.165, 1.54) is 0 Å². The van der Waals surface area contributed by atoms with Gasteiger partial charge in [-0.25, -0.2) is 4.98 Å². The van der Waals surface area contributed by atoms with Gasteiger partial charge in [0.15, 0.2) is 0 Å². The molecule has 0 atom stereocenters. The number of pyridine rings is 1. The molecule has 2 heterocycles. The highest BCUT2D eigenvalue weighted by molar-refractivity contribution is 5.67. The van der Waals surface area contributed by atoms with Gasteiger partial charge in [0.25, 0.3) is 0 Å². The summed E-state index contributed by atoms with van der Waals surface area (Å²) in [4.78, 5) is 4.37. The fraction of sp³-hybridized carbons (Fsp3) is 0.136. The maximum absolute atomic E-state index is 9.99. The van der Waals surface area contributed by atoms with E-state index in [9.17, 15) is 5.11 Å². The minimum atomic E-state index is 0.202. The molecule has 2 aromatic carbocycles. The summed E-state index contributed by atoms with van der Waals surface area (Å²) in [6.07, 6.45) is 0. The molecule has 0 unspecified atom stereocenters. The van der Waals surface area contributed by atoms with Crippen LogP contribution in [-0.2, 0) is 0 Å². The lowest BCUT2D eigenvalue weighted by Crippen LogP contribution is -2.01. The van der Waals surface area contributed by atoms with Gasteiger partial charge < -0.3 is 9.52 Å². The molecule has 4 aromatic rings. The second-order valence-corrected chi connectivity index (χ2v) is 6.63. The molecule has 0 bridgehead atoms. The first-order valence-electron chi connectivity index (χ1n) is 8.96. The largest absolute Gasteiger partial charge is 0.506 e. The molecule has 0 amide bonds. The molecule has 6 nitrogen and oxygen atoms in total. The highest BCUT2D eigenvalue weighted by atomic mass is 16.4. The first-order valence-corrected chi connectivity index (χ1v) is 8.96. The molecule has 0 fully saturated rings. The van der Waals surface area contributed by atoms with Crippen molar-refractivity contribution in [2.45, 2.75) is 20.8 Å². The van der Waals surface area contributed by atoms with Crippen LogP contribution in [0.4, 0.5) is 11.8 Å². The Labute approximate surface area is 162 Å². The molecule has 4 rings (SSSR count). The second kappa shape index (κ2) is 7.15. The van der Waals surface area contributed by atoms with Crippen LogP contribution in [0, 0.1) is 20.8 Å². The molecule has 0 aliphatic carbocycles. The average molecular weight is 372 g/mol. The first-order chi connectivity index (χ1) is 13.5. The SMILES string of the molecule is Cc1nc(Nc2nnc(-c3ccc(-c4ccccc4)cc3)o2)c(C)c(C)c1O. The third-order valence-corrected chi connectivity index (χ3v) is 4.78. The quantitative estimate of drug-likeness (QED) is 0.514. The molecule has 0 spiro atoms. The predicted molar refractivity (Wildman–Crippen MR) is 109 cm³/mol. The van der Waals surface area contributed by atoms with Crippen LogP contribution in [0.3, 0.4) is 0 Å². The summed E-state index contributed by atoms with van der Waals surface area (Å²) in [6.45, 7) is 5.47. The molecule has 6 heteroatoms. The fourth-order valence-corrected chi connectivity index (χ4v) is 2.98. The van der Waals surface area contributed by atoms with Crippen molar-refractivity contribution >= 4 is 11.8 Å². The Balaban J connectivity index is 1.57. The predicted octanol–water partition coefficient (Wildman–Crippen LogP) is 5.17. The summed E-state index contributed by atoms with van der Waals surface area (Å²) in [7, 11) is 0. The summed E-state index contributed by atoms with van der Waals surface area (Å²) >= 11 is 0. The van der Waals surface area contributed by atoms with Crippen molar-refractivity contribution in [1.29, 1.82) is 0 Å². The zero-order valence-corrected chi connectivity index (χ0v) is 15.9. The lowest BCUT2D eigenvalue weighted by molar-refractivity contribution is 0.463. The van der Waals surface area contributed by atoms with Crippen LogP contribution in [0.2, 0.25) is 0 Å². The Bertz CT molecular complexity index is 1120. The van der Waals surface area contributed by atoms with E-state index in [-0.39, 0.29) is 11.8 Å². The monoisotopic (exact) mass is 372 g/mol. The van der Waals surface area contributed by atoms with E-state index in [0.29, 0.717) is 17.4 Å². The Kier molecular flexibility index (Phi) is 4.53. The number of aryl methyl sites for hydroxylation is 1. The molecule has 0 aliphatic rings. The third-order valence-electron chi connectivity index (χ3n) is 4.78. The van der Waals surface area contributed by atoms with E-state index in [1.54, 1.807) is 6.92 Å². The molecule has 0 aliphatic heterocycles. The third kappa shape index (κ3) is 3.32. The zero-order valence-electron chi connectivity index (χ0n) is 15.9. The Morgan fingerprint density at radius 3 is 2.14 bits per heavy atom. The number of benzene rings is 2. The van der Waals surface area contributed by atoms with Crippen molar-refractivity contribution < 1.29 is 9.52 Å². The topological polar surface area (TPSA) is 84.1 Å². The van der Waals surface area contributed by atoms with E-state index in [4.69, 9.17) is 4.42 Å². The van der Waals surface area contributed by atoms with Gasteiger partial charge in [0.2, 0.25) is 5.89 Å². The van der Waals surface area contributed by atoms with E-state index in [2.05, 4.69) is 32.6 Å². The van der Waals surface area contributed by atoms with Crippen molar-refractivity contribution in [3.05, 3.63) is 71.4 Å². The van der Waals surface area contributed by atoms with Crippen LogP contribution in [-0.4, -0.2) is 20.3 Å². The maximum atomic E-state index is 9.99. The number of anilines is 2. The Morgan fingerprint density at radius 1 is 0.786 bits per heavy atom. The van der Waals surface area contributed by atoms with Crippen LogP contribution < -0.4 is 5.32 Å². The van der Waals surface area contributed by atoms with Gasteiger partial charge in [0.1, 0.15) is 11.6 Å². The van der Waals surface area contributed by atoms with Gasteiger partial charge in [-0.2, -0.15) is 0 Å². The minimum Gasteiger partial charge on any atom is -0.506 e. The standard InChI is InChI=1S/C22H20N4O2/c1-13-14(2)20(23-15(3)19(13)27)24-22-26-25-21(28-22)18-11-9-17(10-12-18)16-7-5-4-6-8-16/h4-12,27H,1-3H3,(H,23,24,26). The van der Waals surface area contributed by atoms with Crippen LogP contribution in [0.25, 0.3) is 22.6 Å². The summed E-state index contributed by atoms with van der Waals surface area (Å²) in [5, 5.41) is 21.2. The summed E-state index contributed by atoms with van der Waals surface area (Å²) < 4.78 is 5.75. The minimum absolute atomic E-state index is 0.202. The van der Waals surface area contributed by atoms with Crippen molar-refractivity contribution in [3.63, 3.8) is 0 Å². The molecule has 0 saturated carbocycles. The number of rotatable bonds is 4. The smallest absolute Gasteiger partial charge is 0.321 e. The van der Waals surface area contributed by atoms with Crippen LogP contribution >= 0.6 is 0 Å². The molecule has 140 valence electrons. The number of hydrogen-bond donors (Lipinski definition) is 2. The van der Waals surface area contributed by atoms with Crippen LogP contribution in [0.15, 0.2) is 59.0 Å². The van der Waals surface area contributed by atoms with Gasteiger partial charge in [-0.15, -0.1) is 5.10 Å². The lowest BCUT2D eigenvalue weighted by Gasteiger charge is -2.11. The summed E-state index contributed by atoms with van der Waals surface area (Å²) in [5.74, 6) is 1.21. The van der Waals surface area contributed by atoms with E-state index in [1.807, 2.05) is 56.3 Å². The molecule has 0 saturated heterocycles. The van der Waals surface area contributed by atoms with Gasteiger partial charge in [-0.05, 0) is 55.2 Å². The normalized spacial score (nSPS) is 10.8. The molecular weight excluding hydrogens is 352 g/mol. The highest BCUT2D eigenvalue weighted by Gasteiger charge is 2.14. The van der Waals surface area contributed by atoms with Crippen molar-refractivity contribution in [1.82, 2.24) is 15.2 Å². The van der Waals surface area contributed by atoms with E-state index in [0.717, 1.165) is 27.8 Å². The summed E-state index contributed by atoms with van der Waals surface area (Å²) in [5.41, 5.74) is 5.25. The van der Waals surface area contributed by atoms with Crippen LogP contribution in [0.5, 0.6) is 5.75 Å². The number of aromatic nitrogens is 3. The van der Waals surface area contributed by atoms with E-state index >= 15 is 0 Å². The molecule has 28 heavy (non-hydrogen) atoms. The first kappa shape index (κ1) is 17.7. The second-order valence-electron chi connectivity index (χ2n) is 6.63. The van der Waals surface area contributed by atoms with Gasteiger partial charge in [0.05, 0.1) is 5.69 Å². The average Bonchev–Trinajstić information content (AvgIpc) is 3.20. The molecule has 0 radical (unpaired) electrons. The lowest BCUT2D eigenvalue weighted by atomic mass is 10.0. The van der Waals surface area contributed by atoms with E-state index < -0.39 is 0 Å².